The van der Waals surface area contributed by atoms with E-state index >= 15 is 4.79 Å². The van der Waals surface area contributed by atoms with Crippen molar-refractivity contribution in [2.45, 2.75) is 36.5 Å². The van der Waals surface area contributed by atoms with Crippen molar-refractivity contribution >= 4 is 56.8 Å². The number of ether oxygens (including phenoxy) is 1. The first-order valence-electron chi connectivity index (χ1n) is 16.6. The van der Waals surface area contributed by atoms with Crippen LogP contribution in [0.15, 0.2) is 105 Å². The summed E-state index contributed by atoms with van der Waals surface area (Å²) in [5, 5.41) is 11.3. The molecule has 2 aromatic heterocycles. The van der Waals surface area contributed by atoms with E-state index in [2.05, 4.69) is 26.3 Å². The molecule has 2 amide bonds. The van der Waals surface area contributed by atoms with Gasteiger partial charge in [0, 0.05) is 17.1 Å². The fraction of sp³-hybridized carbons (Fsp3) is 0.216. The summed E-state index contributed by atoms with van der Waals surface area (Å²) < 4.78 is 49.7. The molecule has 12 nitrogen and oxygen atoms in total. The van der Waals surface area contributed by atoms with Crippen LogP contribution in [-0.2, 0) is 27.7 Å². The Bertz CT molecular complexity index is 2580. The molecule has 18 heteroatoms. The van der Waals surface area contributed by atoms with Gasteiger partial charge in [0.05, 0.1) is 51.8 Å². The van der Waals surface area contributed by atoms with Gasteiger partial charge < -0.3 is 9.84 Å². The smallest absolute Gasteiger partial charge is 0.417 e. The van der Waals surface area contributed by atoms with Gasteiger partial charge in [-0.25, -0.2) is 28.5 Å². The molecule has 3 aromatic carbocycles. The predicted octanol–water partition coefficient (Wildman–Crippen LogP) is 6.62. The number of methoxy groups -OCH3 is 1. The highest BCUT2D eigenvalue weighted by molar-refractivity contribution is 9.10. The van der Waals surface area contributed by atoms with Crippen LogP contribution in [0.4, 0.5) is 19.0 Å². The summed E-state index contributed by atoms with van der Waals surface area (Å²) >= 11 is 16.0. The number of hydrogen-bond donors (Lipinski definition) is 2. The van der Waals surface area contributed by atoms with Crippen LogP contribution in [0.5, 0.6) is 11.5 Å². The van der Waals surface area contributed by atoms with Crippen LogP contribution in [0.25, 0.3) is 5.69 Å². The number of benzene rings is 3. The lowest BCUT2D eigenvalue weighted by molar-refractivity contribution is -0.139. The van der Waals surface area contributed by atoms with Gasteiger partial charge >= 0.3 is 17.6 Å². The van der Waals surface area contributed by atoms with Gasteiger partial charge in [0.25, 0.3) is 11.8 Å². The van der Waals surface area contributed by atoms with Crippen molar-refractivity contribution in [2.24, 2.45) is 5.92 Å². The van der Waals surface area contributed by atoms with Gasteiger partial charge in [0.1, 0.15) is 0 Å². The van der Waals surface area contributed by atoms with Crippen molar-refractivity contribution in [1.82, 2.24) is 23.9 Å². The molecule has 55 heavy (non-hydrogen) atoms. The minimum atomic E-state index is -4.77. The Morgan fingerprint density at radius 3 is 2.36 bits per heavy atom. The van der Waals surface area contributed by atoms with E-state index in [0.29, 0.717) is 44.7 Å². The third-order valence-corrected chi connectivity index (χ3v) is 11.6. The number of phenolic OH excluding ortho intramolecular Hbond substituents is 1. The van der Waals surface area contributed by atoms with Crippen LogP contribution in [-0.4, -0.2) is 48.0 Å². The molecule has 8 rings (SSSR count). The third-order valence-electron chi connectivity index (χ3n) is 10.4. The third kappa shape index (κ3) is 5.52. The Balaban J connectivity index is 1.38. The van der Waals surface area contributed by atoms with Crippen molar-refractivity contribution in [1.29, 1.82) is 0 Å². The molecule has 4 heterocycles. The minimum Gasteiger partial charge on any atom is -0.503 e. The highest BCUT2D eigenvalue weighted by atomic mass is 79.9. The summed E-state index contributed by atoms with van der Waals surface area (Å²) in [6.45, 7) is -0.0802. The molecule has 1 aliphatic carbocycles. The Hall–Kier alpha value is -5.32. The number of allylic oxidation sites excluding steroid dienone is 2. The topological polar surface area (TPSA) is 141 Å². The summed E-state index contributed by atoms with van der Waals surface area (Å²) in [7, 11) is 1.34. The molecule has 1 saturated heterocycles. The number of carbonyl (C=O) groups is 2. The highest BCUT2D eigenvalue weighted by Gasteiger charge is 2.69. The standard InChI is InChI=1S/C37H26BrCl2F3N6O6/c1-55-28-14-18(13-25(38)30(28)50)29-23-11-12-46-34(53)47(22-5-3-2-4-6-22)35(54)49(46)27(23)16-24-32(51)48(33(52)36(24,29)19-7-9-21(39)10-8-19)45-31-26(40)15-20(17-44-31)37(41,42)43/h2-11,13-15,17,24,27,29,50H,12,16H2,1H3,(H,44,45)/t24-,27+,29-,36+/m0/s1. The highest BCUT2D eigenvalue weighted by Crippen LogP contribution is 2.62. The lowest BCUT2D eigenvalue weighted by Crippen LogP contribution is -2.53. The van der Waals surface area contributed by atoms with Gasteiger partial charge in [-0.1, -0.05) is 59.6 Å². The van der Waals surface area contributed by atoms with Gasteiger partial charge in [-0.2, -0.15) is 18.2 Å². The number of para-hydroxylation sites is 1. The summed E-state index contributed by atoms with van der Waals surface area (Å²) in [5.41, 5.74) is -0.101. The molecular weight excluding hydrogens is 832 g/mol. The first kappa shape index (κ1) is 36.6. The van der Waals surface area contributed by atoms with Crippen LogP contribution < -0.4 is 21.5 Å². The van der Waals surface area contributed by atoms with E-state index in [-0.39, 0.29) is 28.9 Å². The Labute approximate surface area is 327 Å². The number of aromatic nitrogens is 4. The number of halogens is 6. The lowest BCUT2D eigenvalue weighted by Gasteiger charge is -2.49. The zero-order valence-electron chi connectivity index (χ0n) is 28.2. The normalized spacial score (nSPS) is 21.8. The van der Waals surface area contributed by atoms with Crippen molar-refractivity contribution in [3.8, 4) is 17.2 Å². The number of alkyl halides is 3. The zero-order valence-corrected chi connectivity index (χ0v) is 31.3. The molecule has 3 aliphatic rings. The molecule has 2 N–H and O–H groups in total. The summed E-state index contributed by atoms with van der Waals surface area (Å²) in [4.78, 5) is 62.1. The van der Waals surface area contributed by atoms with E-state index in [1.165, 1.54) is 22.5 Å². The number of phenols is 1. The fourth-order valence-electron chi connectivity index (χ4n) is 8.13. The van der Waals surface area contributed by atoms with Crippen LogP contribution >= 0.6 is 39.1 Å². The monoisotopic (exact) mass is 856 g/mol. The van der Waals surface area contributed by atoms with E-state index in [9.17, 15) is 32.7 Å². The van der Waals surface area contributed by atoms with Gasteiger partial charge in [0.2, 0.25) is 0 Å². The van der Waals surface area contributed by atoms with Gasteiger partial charge in [0.15, 0.2) is 17.3 Å². The maximum Gasteiger partial charge on any atom is 0.417 e. The summed E-state index contributed by atoms with van der Waals surface area (Å²) in [5.74, 6) is -4.58. The Kier molecular flexibility index (Phi) is 8.77. The van der Waals surface area contributed by atoms with Crippen molar-refractivity contribution in [2.75, 3.05) is 12.5 Å². The number of hydrogen-bond acceptors (Lipinski definition) is 8. The molecule has 1 saturated carbocycles. The number of aromatic hydroxyl groups is 1. The molecule has 0 unspecified atom stereocenters. The molecule has 0 bridgehead atoms. The molecule has 0 radical (unpaired) electrons. The summed E-state index contributed by atoms with van der Waals surface area (Å²) in [6, 6.07) is 17.4. The van der Waals surface area contributed by atoms with E-state index in [0.717, 1.165) is 4.57 Å². The second-order valence-corrected chi connectivity index (χ2v) is 14.9. The van der Waals surface area contributed by atoms with Gasteiger partial charge in [-0.05, 0) is 81.5 Å². The summed E-state index contributed by atoms with van der Waals surface area (Å²) in [6.07, 6.45) is -2.67. The second-order valence-electron chi connectivity index (χ2n) is 13.2. The molecule has 2 fully saturated rings. The van der Waals surface area contributed by atoms with Gasteiger partial charge in [-0.15, -0.1) is 0 Å². The van der Waals surface area contributed by atoms with Crippen LogP contribution in [0.2, 0.25) is 10.0 Å². The number of fused-ring (bicyclic) bond motifs is 4. The average molecular weight is 858 g/mol. The average Bonchev–Trinajstić information content (AvgIpc) is 3.54. The predicted molar refractivity (Wildman–Crippen MR) is 197 cm³/mol. The number of anilines is 1. The number of nitrogens with one attached hydrogen (secondary N) is 1. The molecular formula is C37H26BrCl2F3N6O6. The second kappa shape index (κ2) is 13.2. The number of nitrogens with zero attached hydrogens (tertiary/aromatic N) is 5. The molecule has 5 aromatic rings. The molecule has 282 valence electrons. The SMILES string of the molecule is COc1cc([C@H]2C3=CCn4c(=O)n(-c5ccccc5)c(=O)n4[C@@H]3C[C@H]3C(=O)N(Nc4ncc(C(F)(F)F)cc4Cl)C(=O)[C@@]23c2ccc(Cl)cc2)cc(Br)c1O. The largest absolute Gasteiger partial charge is 0.503 e. The van der Waals surface area contributed by atoms with Crippen LogP contribution in [0.1, 0.15) is 35.1 Å². The van der Waals surface area contributed by atoms with Crippen LogP contribution in [0.3, 0.4) is 0 Å². The number of hydrazine groups is 1. The zero-order chi connectivity index (χ0) is 39.1. The maximum absolute atomic E-state index is 15.3. The Morgan fingerprint density at radius 1 is 1.00 bits per heavy atom. The van der Waals surface area contributed by atoms with Crippen LogP contribution in [0, 0.1) is 5.92 Å². The molecule has 0 spiro atoms. The number of rotatable bonds is 6. The number of pyridine rings is 1. The number of carbonyl (C=O) groups excluding carboxylic acids is 2. The molecule has 2 aliphatic heterocycles. The lowest BCUT2D eigenvalue weighted by atomic mass is 9.53. The quantitative estimate of drug-likeness (QED) is 0.144. The Morgan fingerprint density at radius 2 is 1.71 bits per heavy atom. The van der Waals surface area contributed by atoms with E-state index in [4.69, 9.17) is 27.9 Å². The van der Waals surface area contributed by atoms with E-state index in [1.807, 2.05) is 0 Å². The number of amides is 2. The fourth-order valence-corrected chi connectivity index (χ4v) is 8.93. The van der Waals surface area contributed by atoms with E-state index < -0.39 is 69.1 Å². The van der Waals surface area contributed by atoms with Crippen molar-refractivity contribution in [3.63, 3.8) is 0 Å². The van der Waals surface area contributed by atoms with E-state index in [1.54, 1.807) is 66.7 Å². The van der Waals surface area contributed by atoms with Crippen molar-refractivity contribution in [3.05, 3.63) is 143 Å². The van der Waals surface area contributed by atoms with Crippen molar-refractivity contribution < 1.29 is 32.6 Å². The number of imide groups is 1. The first-order chi connectivity index (χ1) is 26.2. The minimum absolute atomic E-state index is 0.0301. The first-order valence-corrected chi connectivity index (χ1v) is 18.1. The van der Waals surface area contributed by atoms with Gasteiger partial charge in [-0.3, -0.25) is 15.0 Å². The maximum atomic E-state index is 15.3. The molecule has 4 atom stereocenters.